The molecule has 9 rings (SSSR count). The van der Waals surface area contributed by atoms with E-state index in [2.05, 4.69) is 31.9 Å². The van der Waals surface area contributed by atoms with Crippen molar-refractivity contribution in [1.29, 1.82) is 0 Å². The lowest BCUT2D eigenvalue weighted by molar-refractivity contribution is -0.144. The van der Waals surface area contributed by atoms with Crippen LogP contribution in [0, 0.1) is 22.7 Å². The smallest absolute Gasteiger partial charge is 0.410 e. The number of amides is 10. The second kappa shape index (κ2) is 27.8. The molecule has 92 heavy (non-hydrogen) atoms. The summed E-state index contributed by atoms with van der Waals surface area (Å²) in [6.07, 6.45) is 4.94. The lowest BCUT2D eigenvalue weighted by Gasteiger charge is -2.39. The molecular formula is C68H98N10O12S2. The quantitative estimate of drug-likeness (QED) is 0.111. The Morgan fingerprint density at radius 3 is 1.21 bits per heavy atom. The van der Waals surface area contributed by atoms with Gasteiger partial charge in [-0.15, -0.1) is 23.5 Å². The maximum Gasteiger partial charge on any atom is 0.410 e. The Morgan fingerprint density at radius 2 is 0.859 bits per heavy atom. The Bertz CT molecular complexity index is 2950. The lowest BCUT2D eigenvalue weighted by atomic mass is 9.77. The van der Waals surface area contributed by atoms with Gasteiger partial charge in [0.1, 0.15) is 47.5 Å². The summed E-state index contributed by atoms with van der Waals surface area (Å²) in [6.45, 7) is 21.5. The summed E-state index contributed by atoms with van der Waals surface area (Å²) in [5, 5.41) is 18.4. The van der Waals surface area contributed by atoms with Gasteiger partial charge in [-0.3, -0.25) is 48.2 Å². The third-order valence-corrected chi connectivity index (χ3v) is 22.2. The largest absolute Gasteiger partial charge is 0.444 e. The Kier molecular flexibility index (Phi) is 21.1. The van der Waals surface area contributed by atoms with Crippen LogP contribution in [0.15, 0.2) is 48.5 Å². The minimum absolute atomic E-state index is 0.190. The van der Waals surface area contributed by atoms with Gasteiger partial charge in [-0.1, -0.05) is 76.2 Å². The van der Waals surface area contributed by atoms with Gasteiger partial charge >= 0.3 is 12.2 Å². The summed E-state index contributed by atoms with van der Waals surface area (Å²) in [5.74, 6) is -3.10. The van der Waals surface area contributed by atoms with Crippen LogP contribution in [-0.4, -0.2) is 175 Å². The number of fused-ring (bicyclic) bond motifs is 4. The molecule has 4 aliphatic heterocycles. The van der Waals surface area contributed by atoms with Crippen molar-refractivity contribution in [3.63, 3.8) is 0 Å². The molecule has 2 aromatic rings. The molecule has 12 atom stereocenters. The molecule has 2 aromatic carbocycles. The van der Waals surface area contributed by atoms with Crippen LogP contribution in [-0.2, 0) is 60.7 Å². The van der Waals surface area contributed by atoms with E-state index in [1.54, 1.807) is 88.7 Å². The highest BCUT2D eigenvalue weighted by Crippen LogP contribution is 2.49. The SMILES string of the molecule is C[C@@H](C(=O)N[C@H]1CCS[C@H]2CC(C)(C)[C@@H](C(=O)N[C@H]3c4ccccc4CC[C@H]3C(=O)NC3CCC(NC(=O)[C@@H]4CCc5ccccc5[C@@H]4NC(=O)[C@H]4N5C(=O)[C@@H](NC(=O)[C@H](C)N(C)C(=O)OC(C)(C)C)CCS[C@H]5CC4(C)C)CC3)N2C1=O)N(C)C(=O)OC(C)(C)C. The Balaban J connectivity index is 0.833. The van der Waals surface area contributed by atoms with Crippen LogP contribution in [0.25, 0.3) is 0 Å². The van der Waals surface area contributed by atoms with Gasteiger partial charge in [0.05, 0.1) is 34.7 Å². The number of nitrogens with zero attached hydrogens (tertiary/aromatic N) is 4. The van der Waals surface area contributed by atoms with Crippen molar-refractivity contribution in [1.82, 2.24) is 51.5 Å². The van der Waals surface area contributed by atoms with Crippen LogP contribution >= 0.6 is 23.5 Å². The summed E-state index contributed by atoms with van der Waals surface area (Å²) >= 11 is 3.15. The lowest BCUT2D eigenvalue weighted by Crippen LogP contribution is -2.59. The molecule has 6 N–H and O–H groups in total. The average Bonchev–Trinajstić information content (AvgIpc) is 1.56. The van der Waals surface area contributed by atoms with Crippen molar-refractivity contribution in [2.75, 3.05) is 25.6 Å². The zero-order chi connectivity index (χ0) is 67.1. The number of hydrogen-bond donors (Lipinski definition) is 6. The third-order valence-electron chi connectivity index (χ3n) is 19.7. The van der Waals surface area contributed by atoms with Crippen molar-refractivity contribution in [2.24, 2.45) is 22.7 Å². The number of thioether (sulfide) groups is 2. The normalized spacial score (nSPS) is 28.9. The Labute approximate surface area is 550 Å². The van der Waals surface area contributed by atoms with Crippen LogP contribution in [0.5, 0.6) is 0 Å². The molecule has 24 heteroatoms. The van der Waals surface area contributed by atoms with E-state index in [0.29, 0.717) is 88.6 Å². The van der Waals surface area contributed by atoms with Gasteiger partial charge in [-0.25, -0.2) is 9.59 Å². The number of nitrogens with one attached hydrogen (secondary N) is 6. The van der Waals surface area contributed by atoms with E-state index >= 15 is 9.59 Å². The molecule has 0 aromatic heterocycles. The number of aryl methyl sites for hydroxylation is 2. The highest BCUT2D eigenvalue weighted by atomic mass is 32.2. The van der Waals surface area contributed by atoms with Crippen molar-refractivity contribution in [3.8, 4) is 0 Å². The minimum atomic E-state index is -0.952. The Hall–Kier alpha value is -6.56. The molecule has 4 saturated heterocycles. The molecule has 22 nitrogen and oxygen atoms in total. The summed E-state index contributed by atoms with van der Waals surface area (Å²) in [6, 6.07) is 8.17. The van der Waals surface area contributed by atoms with E-state index < -0.39 is 106 Å². The first-order valence-electron chi connectivity index (χ1n) is 32.9. The molecule has 3 aliphatic carbocycles. The van der Waals surface area contributed by atoms with Gasteiger partial charge < -0.3 is 51.2 Å². The number of rotatable bonds is 14. The molecule has 1 saturated carbocycles. The maximum atomic E-state index is 15.1. The standard InChI is InChI=1S/C68H98N10O12S2/c1-37(75(13)63(87)89-65(3,4)5)55(79)71-47-31-33-91-49-35-67(9,10)53(77(49)61(47)85)59(83)73-51-43-21-17-15-19-39(43)23-29-45(51)57(81)69-41-25-27-42(28-26-41)70-58(82)46-30-24-40-20-16-18-22-44(40)52(46)74-60(84)54-68(11,12)36-50-78(54)62(86)48(32-34-92-50)72-56(80)38(2)76(14)64(88)90-66(6,7)8/h15-22,37-38,41-42,45-54H,23-36H2,1-14H3,(H,69,81)(H,70,82)(H,71,79)(H,72,80)(H,73,83)(H,74,84)/t37-,38-,41?,42?,45+,46+,47-,48-,49-,50-,51-,52-,53+,54+/m0/s1. The van der Waals surface area contributed by atoms with E-state index in [1.807, 2.05) is 76.2 Å². The van der Waals surface area contributed by atoms with E-state index in [0.717, 1.165) is 22.3 Å². The van der Waals surface area contributed by atoms with Crippen molar-refractivity contribution >= 4 is 83.0 Å². The highest BCUT2D eigenvalue weighted by molar-refractivity contribution is 8.00. The molecule has 0 bridgehead atoms. The highest BCUT2D eigenvalue weighted by Gasteiger charge is 2.57. The number of hydrogen-bond acceptors (Lipinski definition) is 14. The first-order chi connectivity index (χ1) is 43.1. The second-order valence-electron chi connectivity index (χ2n) is 29.8. The van der Waals surface area contributed by atoms with Crippen LogP contribution in [0.4, 0.5) is 9.59 Å². The first kappa shape index (κ1) is 69.8. The van der Waals surface area contributed by atoms with Crippen molar-refractivity contribution in [2.45, 2.75) is 243 Å². The van der Waals surface area contributed by atoms with Gasteiger partial charge in [-0.2, -0.15) is 0 Å². The summed E-state index contributed by atoms with van der Waals surface area (Å²) in [7, 11) is 2.95. The molecule has 7 aliphatic rings. The van der Waals surface area contributed by atoms with E-state index in [-0.39, 0.29) is 58.3 Å². The van der Waals surface area contributed by atoms with Crippen LogP contribution in [0.3, 0.4) is 0 Å². The number of likely N-dealkylation sites (N-methyl/N-ethyl adjacent to an activating group) is 2. The van der Waals surface area contributed by atoms with Gasteiger partial charge in [-0.05, 0) is 177 Å². The number of carbonyl (C=O) groups is 10. The van der Waals surface area contributed by atoms with Crippen LogP contribution in [0.1, 0.15) is 182 Å². The molecule has 5 fully saturated rings. The van der Waals surface area contributed by atoms with E-state index in [4.69, 9.17) is 9.47 Å². The number of benzene rings is 2. The van der Waals surface area contributed by atoms with Gasteiger partial charge in [0.25, 0.3) is 0 Å². The zero-order valence-electron chi connectivity index (χ0n) is 56.1. The van der Waals surface area contributed by atoms with Crippen LogP contribution < -0.4 is 31.9 Å². The monoisotopic (exact) mass is 1310 g/mol. The number of carbonyl (C=O) groups excluding carboxylic acids is 10. The fraction of sp³-hybridized carbons (Fsp3) is 0.676. The van der Waals surface area contributed by atoms with Crippen molar-refractivity contribution < 1.29 is 57.4 Å². The zero-order valence-corrected chi connectivity index (χ0v) is 57.7. The second-order valence-corrected chi connectivity index (χ2v) is 32.4. The fourth-order valence-corrected chi connectivity index (χ4v) is 17.7. The molecule has 504 valence electrons. The summed E-state index contributed by atoms with van der Waals surface area (Å²) < 4.78 is 11.0. The van der Waals surface area contributed by atoms with Gasteiger partial charge in [0.15, 0.2) is 0 Å². The van der Waals surface area contributed by atoms with E-state index in [1.165, 1.54) is 23.9 Å². The molecule has 10 amide bonds. The minimum Gasteiger partial charge on any atom is -0.444 e. The summed E-state index contributed by atoms with van der Waals surface area (Å²) in [4.78, 5) is 148. The molecular weight excluding hydrogens is 1210 g/mol. The van der Waals surface area contributed by atoms with Crippen molar-refractivity contribution in [3.05, 3.63) is 70.8 Å². The average molecular weight is 1310 g/mol. The van der Waals surface area contributed by atoms with Gasteiger partial charge in [0, 0.05) is 26.2 Å². The topological polar surface area (TPSA) is 274 Å². The first-order valence-corrected chi connectivity index (χ1v) is 35.0. The predicted molar refractivity (Wildman–Crippen MR) is 351 cm³/mol. The molecule has 0 spiro atoms. The summed E-state index contributed by atoms with van der Waals surface area (Å²) in [5.41, 5.74) is 0.832. The predicted octanol–water partition coefficient (Wildman–Crippen LogP) is 7.03. The van der Waals surface area contributed by atoms with E-state index in [9.17, 15) is 38.4 Å². The van der Waals surface area contributed by atoms with Crippen LogP contribution in [0.2, 0.25) is 0 Å². The fourth-order valence-electron chi connectivity index (χ4n) is 14.5. The molecule has 0 radical (unpaired) electrons. The van der Waals surface area contributed by atoms with Gasteiger partial charge in [0.2, 0.25) is 47.3 Å². The number of ether oxygens (including phenoxy) is 2. The Morgan fingerprint density at radius 1 is 0.511 bits per heavy atom. The maximum absolute atomic E-state index is 15.1. The molecule has 0 unspecified atom stereocenters. The third kappa shape index (κ3) is 15.5. The molecule has 4 heterocycles.